The van der Waals surface area contributed by atoms with E-state index in [0.29, 0.717) is 12.6 Å². The molecule has 0 spiro atoms. The average molecular weight is 216 g/mol. The quantitative estimate of drug-likeness (QED) is 0.305. The second-order valence-corrected chi connectivity index (χ2v) is 3.78. The van der Waals surface area contributed by atoms with Gasteiger partial charge >= 0.3 is 0 Å². The van der Waals surface area contributed by atoms with Crippen molar-refractivity contribution in [2.75, 3.05) is 20.3 Å². The molecule has 0 rings (SSSR count). The fourth-order valence-corrected chi connectivity index (χ4v) is 1.44. The normalized spacial score (nSPS) is 14.2. The highest BCUT2D eigenvalue weighted by molar-refractivity contribution is 5.79. The number of ether oxygens (including phenoxy) is 1. The van der Waals surface area contributed by atoms with Crippen LogP contribution in [0.3, 0.4) is 0 Å². The van der Waals surface area contributed by atoms with Crippen molar-refractivity contribution in [3.63, 3.8) is 0 Å². The molecule has 5 heteroatoms. The van der Waals surface area contributed by atoms with Gasteiger partial charge < -0.3 is 9.64 Å². The molecule has 0 aromatic carbocycles. The van der Waals surface area contributed by atoms with Crippen molar-refractivity contribution in [2.45, 2.75) is 39.8 Å². The van der Waals surface area contributed by atoms with Crippen LogP contribution in [0, 0.1) is 0 Å². The number of hydrogen-bond donors (Lipinski definition) is 2. The molecule has 0 saturated heterocycles. The number of nitrogens with zero attached hydrogens (tertiary/aromatic N) is 2. The molecule has 0 radical (unpaired) electrons. The van der Waals surface area contributed by atoms with Crippen LogP contribution in [0.1, 0.15) is 27.7 Å². The molecular formula is C10H24N4O. The zero-order valence-electron chi connectivity index (χ0n) is 10.4. The van der Waals surface area contributed by atoms with Crippen molar-refractivity contribution in [2.24, 2.45) is 10.8 Å². The van der Waals surface area contributed by atoms with Crippen LogP contribution < -0.4 is 11.3 Å². The van der Waals surface area contributed by atoms with E-state index in [9.17, 15) is 0 Å². The average Bonchev–Trinajstić information content (AvgIpc) is 2.17. The smallest absolute Gasteiger partial charge is 0.208 e. The topological polar surface area (TPSA) is 62.9 Å². The van der Waals surface area contributed by atoms with E-state index in [2.05, 4.69) is 36.1 Å². The Morgan fingerprint density at radius 3 is 2.40 bits per heavy atom. The number of rotatable bonds is 5. The SMILES string of the molecule is CCN(C(=NC(C)COC)NN)C(C)C. The molecule has 0 amide bonds. The summed E-state index contributed by atoms with van der Waals surface area (Å²) in [7, 11) is 1.67. The Hall–Kier alpha value is -0.810. The van der Waals surface area contributed by atoms with E-state index < -0.39 is 0 Å². The third kappa shape index (κ3) is 4.99. The first-order valence-corrected chi connectivity index (χ1v) is 5.36. The predicted molar refractivity (Wildman–Crippen MR) is 63.6 cm³/mol. The Balaban J connectivity index is 4.56. The number of guanidine groups is 1. The largest absolute Gasteiger partial charge is 0.382 e. The molecule has 0 aromatic heterocycles. The Morgan fingerprint density at radius 2 is 2.07 bits per heavy atom. The van der Waals surface area contributed by atoms with Gasteiger partial charge in [0.05, 0.1) is 12.6 Å². The molecule has 0 aliphatic carbocycles. The van der Waals surface area contributed by atoms with Gasteiger partial charge in [-0.15, -0.1) is 0 Å². The van der Waals surface area contributed by atoms with Gasteiger partial charge in [-0.2, -0.15) is 0 Å². The molecule has 0 heterocycles. The summed E-state index contributed by atoms with van der Waals surface area (Å²) >= 11 is 0. The number of methoxy groups -OCH3 is 1. The molecule has 1 unspecified atom stereocenters. The maximum Gasteiger partial charge on any atom is 0.208 e. The van der Waals surface area contributed by atoms with E-state index in [4.69, 9.17) is 10.6 Å². The number of hydrazine groups is 1. The van der Waals surface area contributed by atoms with Crippen molar-refractivity contribution in [3.8, 4) is 0 Å². The van der Waals surface area contributed by atoms with Gasteiger partial charge in [-0.25, -0.2) is 10.8 Å². The molecule has 0 bridgehead atoms. The van der Waals surface area contributed by atoms with E-state index in [1.54, 1.807) is 7.11 Å². The third-order valence-electron chi connectivity index (χ3n) is 2.12. The van der Waals surface area contributed by atoms with Crippen LogP contribution in [-0.4, -0.2) is 43.2 Å². The van der Waals surface area contributed by atoms with Crippen molar-refractivity contribution in [3.05, 3.63) is 0 Å². The summed E-state index contributed by atoms with van der Waals surface area (Å²) in [5.41, 5.74) is 2.64. The first kappa shape index (κ1) is 14.2. The van der Waals surface area contributed by atoms with Crippen LogP contribution in [-0.2, 0) is 4.74 Å². The zero-order valence-corrected chi connectivity index (χ0v) is 10.4. The molecule has 5 nitrogen and oxygen atoms in total. The van der Waals surface area contributed by atoms with E-state index in [0.717, 1.165) is 12.5 Å². The van der Waals surface area contributed by atoms with E-state index >= 15 is 0 Å². The van der Waals surface area contributed by atoms with Gasteiger partial charge in [-0.1, -0.05) is 0 Å². The van der Waals surface area contributed by atoms with Crippen LogP contribution in [0.2, 0.25) is 0 Å². The fourth-order valence-electron chi connectivity index (χ4n) is 1.44. The summed E-state index contributed by atoms with van der Waals surface area (Å²) in [6.45, 7) is 9.76. The fraction of sp³-hybridized carbons (Fsp3) is 0.900. The van der Waals surface area contributed by atoms with Crippen LogP contribution in [0.25, 0.3) is 0 Å². The zero-order chi connectivity index (χ0) is 11.8. The molecular weight excluding hydrogens is 192 g/mol. The van der Waals surface area contributed by atoms with E-state index in [-0.39, 0.29) is 6.04 Å². The highest BCUT2D eigenvalue weighted by Crippen LogP contribution is 2.00. The van der Waals surface area contributed by atoms with Crippen LogP contribution >= 0.6 is 0 Å². The summed E-state index contributed by atoms with van der Waals surface area (Å²) in [6, 6.07) is 0.480. The second kappa shape index (κ2) is 7.48. The standard InChI is InChI=1S/C10H24N4O/c1-6-14(8(2)3)10(13-11)12-9(4)7-15-5/h8-9H,6-7,11H2,1-5H3,(H,12,13). The summed E-state index contributed by atoms with van der Waals surface area (Å²) in [6.07, 6.45) is 0. The minimum Gasteiger partial charge on any atom is -0.382 e. The maximum absolute atomic E-state index is 5.47. The Labute approximate surface area is 92.7 Å². The monoisotopic (exact) mass is 216 g/mol. The van der Waals surface area contributed by atoms with Gasteiger partial charge in [-0.3, -0.25) is 5.43 Å². The minimum absolute atomic E-state index is 0.105. The minimum atomic E-state index is 0.105. The molecule has 0 saturated carbocycles. The Bertz CT molecular complexity index is 194. The Kier molecular flexibility index (Phi) is 7.07. The van der Waals surface area contributed by atoms with Gasteiger partial charge in [0.15, 0.2) is 0 Å². The number of nitrogens with one attached hydrogen (secondary N) is 1. The van der Waals surface area contributed by atoms with Gasteiger partial charge in [0.2, 0.25) is 5.96 Å². The maximum atomic E-state index is 5.47. The highest BCUT2D eigenvalue weighted by atomic mass is 16.5. The molecule has 15 heavy (non-hydrogen) atoms. The summed E-state index contributed by atoms with van der Waals surface area (Å²) in [5, 5.41) is 0. The first-order chi connectivity index (χ1) is 7.06. The van der Waals surface area contributed by atoms with Crippen LogP contribution in [0.15, 0.2) is 4.99 Å². The van der Waals surface area contributed by atoms with Crippen molar-refractivity contribution < 1.29 is 4.74 Å². The second-order valence-electron chi connectivity index (χ2n) is 3.78. The number of hydrogen-bond acceptors (Lipinski definition) is 3. The van der Waals surface area contributed by atoms with Gasteiger partial charge in [-0.05, 0) is 27.7 Å². The van der Waals surface area contributed by atoms with Gasteiger partial charge in [0, 0.05) is 19.7 Å². The number of aliphatic imine (C=N–C) groups is 1. The molecule has 0 fully saturated rings. The first-order valence-electron chi connectivity index (χ1n) is 5.36. The van der Waals surface area contributed by atoms with Crippen molar-refractivity contribution in [1.82, 2.24) is 10.3 Å². The summed E-state index contributed by atoms with van der Waals surface area (Å²) in [5.74, 6) is 6.19. The van der Waals surface area contributed by atoms with Crippen LogP contribution in [0.5, 0.6) is 0 Å². The molecule has 3 N–H and O–H groups in total. The summed E-state index contributed by atoms with van der Waals surface area (Å²) in [4.78, 5) is 6.56. The van der Waals surface area contributed by atoms with Gasteiger partial charge in [0.25, 0.3) is 0 Å². The lowest BCUT2D eigenvalue weighted by Crippen LogP contribution is -2.48. The lowest BCUT2D eigenvalue weighted by atomic mass is 10.3. The summed E-state index contributed by atoms with van der Waals surface area (Å²) < 4.78 is 5.03. The Morgan fingerprint density at radius 1 is 1.47 bits per heavy atom. The van der Waals surface area contributed by atoms with Crippen molar-refractivity contribution in [1.29, 1.82) is 0 Å². The predicted octanol–water partition coefficient (Wildman–Crippen LogP) is 0.571. The number of nitrogens with two attached hydrogens (primary N) is 1. The van der Waals surface area contributed by atoms with E-state index in [1.807, 2.05) is 6.92 Å². The molecule has 0 aliphatic heterocycles. The third-order valence-corrected chi connectivity index (χ3v) is 2.12. The highest BCUT2D eigenvalue weighted by Gasteiger charge is 2.12. The molecule has 0 aromatic rings. The lowest BCUT2D eigenvalue weighted by Gasteiger charge is -2.28. The molecule has 0 aliphatic rings. The lowest BCUT2D eigenvalue weighted by molar-refractivity contribution is 0.184. The van der Waals surface area contributed by atoms with Gasteiger partial charge in [0.1, 0.15) is 0 Å². The molecule has 90 valence electrons. The van der Waals surface area contributed by atoms with Crippen LogP contribution in [0.4, 0.5) is 0 Å². The molecule has 1 atom stereocenters. The van der Waals surface area contributed by atoms with E-state index in [1.165, 1.54) is 0 Å². The van der Waals surface area contributed by atoms with Crippen molar-refractivity contribution >= 4 is 5.96 Å².